The first-order chi connectivity index (χ1) is 11.2. The minimum Gasteiger partial charge on any atom is -0.351 e. The first kappa shape index (κ1) is 18.2. The van der Waals surface area contributed by atoms with Gasteiger partial charge in [-0.1, -0.05) is 13.8 Å². The average Bonchev–Trinajstić information content (AvgIpc) is 2.53. The van der Waals surface area contributed by atoms with Crippen LogP contribution in [0.5, 0.6) is 0 Å². The molecule has 1 aliphatic heterocycles. The van der Waals surface area contributed by atoms with Crippen molar-refractivity contribution in [2.45, 2.75) is 38.9 Å². The van der Waals surface area contributed by atoms with E-state index in [4.69, 9.17) is 0 Å². The van der Waals surface area contributed by atoms with Crippen molar-refractivity contribution in [3.8, 4) is 0 Å². The van der Waals surface area contributed by atoms with Crippen LogP contribution in [0, 0.1) is 5.92 Å². The van der Waals surface area contributed by atoms with Gasteiger partial charge in [-0.05, 0) is 25.0 Å². The molecule has 0 spiro atoms. The fraction of sp³-hybridized carbons (Fsp3) is 0.562. The number of hydrogen-bond acceptors (Lipinski definition) is 3. The smallest absolute Gasteiger partial charge is 0.351 e. The predicted octanol–water partition coefficient (Wildman–Crippen LogP) is 2.48. The minimum absolute atomic E-state index is 0.133. The Kier molecular flexibility index (Phi) is 5.46. The summed E-state index contributed by atoms with van der Waals surface area (Å²) < 4.78 is 39.1. The second-order valence-electron chi connectivity index (χ2n) is 6.15. The lowest BCUT2D eigenvalue weighted by Crippen LogP contribution is -2.50. The second-order valence-corrected chi connectivity index (χ2v) is 6.15. The molecule has 5 nitrogen and oxygen atoms in total. The average molecular weight is 343 g/mol. The van der Waals surface area contributed by atoms with E-state index in [1.807, 2.05) is 0 Å². The Balaban J connectivity index is 2.14. The molecule has 2 rings (SSSR count). The Morgan fingerprint density at radius 2 is 2.08 bits per heavy atom. The highest BCUT2D eigenvalue weighted by Crippen LogP contribution is 2.31. The van der Waals surface area contributed by atoms with Crippen LogP contribution in [0.4, 0.5) is 13.2 Å². The molecule has 0 unspecified atom stereocenters. The summed E-state index contributed by atoms with van der Waals surface area (Å²) >= 11 is 0. The molecule has 132 valence electrons. The van der Waals surface area contributed by atoms with E-state index in [1.165, 1.54) is 11.0 Å². The molecule has 0 bridgehead atoms. The molecule has 0 aromatic carbocycles. The van der Waals surface area contributed by atoms with Gasteiger partial charge in [0.25, 0.3) is 5.91 Å². The Morgan fingerprint density at radius 1 is 1.38 bits per heavy atom. The van der Waals surface area contributed by atoms with E-state index in [2.05, 4.69) is 10.3 Å². The topological polar surface area (TPSA) is 62.3 Å². The number of carbonyl (C=O) groups is 2. The number of likely N-dealkylation sites (tertiary alicyclic amines) is 1. The van der Waals surface area contributed by atoms with E-state index in [-0.39, 0.29) is 24.4 Å². The first-order valence-electron chi connectivity index (χ1n) is 7.82. The van der Waals surface area contributed by atoms with E-state index in [9.17, 15) is 22.8 Å². The summed E-state index contributed by atoms with van der Waals surface area (Å²) in [6, 6.07) is 2.20. The van der Waals surface area contributed by atoms with Gasteiger partial charge in [0.15, 0.2) is 5.69 Å². The lowest BCUT2D eigenvalue weighted by molar-refractivity contribution is -0.141. The van der Waals surface area contributed by atoms with Gasteiger partial charge in [-0.3, -0.25) is 14.6 Å². The maximum Gasteiger partial charge on any atom is 0.434 e. The Morgan fingerprint density at radius 3 is 2.71 bits per heavy atom. The molecule has 1 N–H and O–H groups in total. The van der Waals surface area contributed by atoms with Crippen LogP contribution in [-0.2, 0) is 11.0 Å². The van der Waals surface area contributed by atoms with Crippen molar-refractivity contribution in [3.63, 3.8) is 0 Å². The van der Waals surface area contributed by atoms with Gasteiger partial charge in [0.05, 0.1) is 5.56 Å². The number of pyridine rings is 1. The highest BCUT2D eigenvalue weighted by atomic mass is 19.4. The number of hydrogen-bond donors (Lipinski definition) is 1. The van der Waals surface area contributed by atoms with Gasteiger partial charge in [-0.25, -0.2) is 0 Å². The molecule has 0 saturated carbocycles. The van der Waals surface area contributed by atoms with Crippen molar-refractivity contribution in [1.29, 1.82) is 0 Å². The highest BCUT2D eigenvalue weighted by molar-refractivity contribution is 5.95. The lowest BCUT2D eigenvalue weighted by atomic mass is 10.0. The van der Waals surface area contributed by atoms with Crippen LogP contribution >= 0.6 is 0 Å². The van der Waals surface area contributed by atoms with Crippen molar-refractivity contribution < 1.29 is 22.8 Å². The molecule has 1 aromatic heterocycles. The molecule has 1 atom stereocenters. The number of amides is 2. The van der Waals surface area contributed by atoms with Crippen molar-refractivity contribution in [2.24, 2.45) is 5.92 Å². The van der Waals surface area contributed by atoms with Crippen LogP contribution in [0.15, 0.2) is 18.3 Å². The predicted molar refractivity (Wildman–Crippen MR) is 81.1 cm³/mol. The molecule has 8 heteroatoms. The van der Waals surface area contributed by atoms with Crippen molar-refractivity contribution >= 4 is 11.8 Å². The molecule has 2 amide bonds. The van der Waals surface area contributed by atoms with E-state index in [0.717, 1.165) is 12.3 Å². The monoisotopic (exact) mass is 343 g/mol. The van der Waals surface area contributed by atoms with Gasteiger partial charge in [-0.15, -0.1) is 0 Å². The summed E-state index contributed by atoms with van der Waals surface area (Å²) in [5.74, 6) is -1.03. The number of carbonyl (C=O) groups excluding carboxylic acids is 2. The third-order valence-electron chi connectivity index (χ3n) is 3.89. The molecule has 2 heterocycles. The summed E-state index contributed by atoms with van der Waals surface area (Å²) in [7, 11) is 0. The van der Waals surface area contributed by atoms with Crippen LogP contribution in [-0.4, -0.2) is 40.8 Å². The van der Waals surface area contributed by atoms with Gasteiger partial charge in [-0.2, -0.15) is 13.2 Å². The molecule has 1 aliphatic rings. The van der Waals surface area contributed by atoms with E-state index in [1.54, 1.807) is 13.8 Å². The Hall–Kier alpha value is -2.12. The zero-order chi connectivity index (χ0) is 17.9. The maximum absolute atomic E-state index is 13.0. The number of aromatic nitrogens is 1. The zero-order valence-corrected chi connectivity index (χ0v) is 13.6. The third-order valence-corrected chi connectivity index (χ3v) is 3.89. The number of rotatable bonds is 3. The molecule has 1 saturated heterocycles. The third kappa shape index (κ3) is 4.24. The van der Waals surface area contributed by atoms with Gasteiger partial charge in [0.1, 0.15) is 0 Å². The van der Waals surface area contributed by atoms with Crippen molar-refractivity contribution in [3.05, 3.63) is 29.6 Å². The Labute approximate surface area is 138 Å². The number of nitrogens with one attached hydrogen (secondary N) is 1. The maximum atomic E-state index is 13.0. The van der Waals surface area contributed by atoms with Crippen molar-refractivity contribution in [1.82, 2.24) is 15.2 Å². The summed E-state index contributed by atoms with van der Waals surface area (Å²) in [5.41, 5.74) is -1.64. The SMILES string of the molecule is CC(C)C(=O)N[C@H]1CCCN(C(=O)c2cccnc2C(F)(F)F)C1. The molecular formula is C16H20F3N3O2. The minimum atomic E-state index is -4.69. The van der Waals surface area contributed by atoms with Gasteiger partial charge in [0, 0.05) is 31.2 Å². The van der Waals surface area contributed by atoms with Crippen LogP contribution in [0.2, 0.25) is 0 Å². The number of alkyl halides is 3. The number of piperidine rings is 1. The van der Waals surface area contributed by atoms with Gasteiger partial charge in [0.2, 0.25) is 5.91 Å². The summed E-state index contributed by atoms with van der Waals surface area (Å²) in [6.45, 7) is 4.07. The zero-order valence-electron chi connectivity index (χ0n) is 13.6. The van der Waals surface area contributed by atoms with Crippen LogP contribution < -0.4 is 5.32 Å². The molecule has 24 heavy (non-hydrogen) atoms. The van der Waals surface area contributed by atoms with E-state index in [0.29, 0.717) is 19.4 Å². The second kappa shape index (κ2) is 7.19. The van der Waals surface area contributed by atoms with Gasteiger partial charge >= 0.3 is 6.18 Å². The molecular weight excluding hydrogens is 323 g/mol. The quantitative estimate of drug-likeness (QED) is 0.917. The molecule has 0 aliphatic carbocycles. The van der Waals surface area contributed by atoms with Crippen LogP contribution in [0.25, 0.3) is 0 Å². The summed E-state index contributed by atoms with van der Waals surface area (Å²) in [5, 5.41) is 2.83. The Bertz CT molecular complexity index is 617. The van der Waals surface area contributed by atoms with Crippen LogP contribution in [0.1, 0.15) is 42.7 Å². The fourth-order valence-corrected chi connectivity index (χ4v) is 2.62. The fourth-order valence-electron chi connectivity index (χ4n) is 2.62. The largest absolute Gasteiger partial charge is 0.434 e. The van der Waals surface area contributed by atoms with E-state index >= 15 is 0 Å². The lowest BCUT2D eigenvalue weighted by Gasteiger charge is -2.34. The molecule has 0 radical (unpaired) electrons. The summed E-state index contributed by atoms with van der Waals surface area (Å²) in [6.07, 6.45) is -2.35. The molecule has 1 fully saturated rings. The van der Waals surface area contributed by atoms with E-state index < -0.39 is 23.3 Å². The first-order valence-corrected chi connectivity index (χ1v) is 7.82. The summed E-state index contributed by atoms with van der Waals surface area (Å²) in [4.78, 5) is 28.9. The highest BCUT2D eigenvalue weighted by Gasteiger charge is 2.38. The standard InChI is InChI=1S/C16H20F3N3O2/c1-10(2)14(23)21-11-5-4-8-22(9-11)15(24)12-6-3-7-20-13(12)16(17,18)19/h3,6-7,10-11H,4-5,8-9H2,1-2H3,(H,21,23)/t11-/m0/s1. The number of halogens is 3. The number of nitrogens with zero attached hydrogens (tertiary/aromatic N) is 2. The van der Waals surface area contributed by atoms with Crippen LogP contribution in [0.3, 0.4) is 0 Å². The normalized spacial score (nSPS) is 18.6. The molecule has 1 aromatic rings. The van der Waals surface area contributed by atoms with Crippen molar-refractivity contribution in [2.75, 3.05) is 13.1 Å². The van der Waals surface area contributed by atoms with Gasteiger partial charge < -0.3 is 10.2 Å².